The molecule has 0 bridgehead atoms. The van der Waals surface area contributed by atoms with Gasteiger partial charge in [0.25, 0.3) is 0 Å². The highest BCUT2D eigenvalue weighted by atomic mass is 35.5. The average Bonchev–Trinajstić information content (AvgIpc) is 1.61. The van der Waals surface area contributed by atoms with E-state index in [9.17, 15) is 0 Å². The fraction of sp³-hybridized carbons (Fsp3) is 1.00. The van der Waals surface area contributed by atoms with Crippen LogP contribution in [0.25, 0.3) is 0 Å². The van der Waals surface area contributed by atoms with Crippen LogP contribution in [-0.2, 0) is 0 Å². The van der Waals surface area contributed by atoms with Crippen LogP contribution in [0.15, 0.2) is 0 Å². The van der Waals surface area contributed by atoms with Crippen LogP contribution in [0.3, 0.4) is 0 Å². The second-order valence-electron chi connectivity index (χ2n) is 1.37. The van der Waals surface area contributed by atoms with Crippen molar-refractivity contribution in [3.63, 3.8) is 0 Å². The summed E-state index contributed by atoms with van der Waals surface area (Å²) < 4.78 is 1.60. The Kier molecular flexibility index (Phi) is 5.05. The molecule has 0 aromatic carbocycles. The molecular weight excluding hydrogens is 133 g/mol. The molecule has 0 saturated heterocycles. The maximum absolute atomic E-state index is 5.43. The first-order valence-electron chi connectivity index (χ1n) is 2.20. The fourth-order valence-electron chi connectivity index (χ4n) is 0.278. The molecule has 0 fully saturated rings. The zero-order valence-electron chi connectivity index (χ0n) is 4.32. The van der Waals surface area contributed by atoms with Crippen molar-refractivity contribution in [1.29, 1.82) is 0 Å². The molecule has 0 heterocycles. The van der Waals surface area contributed by atoms with Gasteiger partial charge in [-0.15, -0.1) is 11.6 Å². The van der Waals surface area contributed by atoms with E-state index in [1.165, 1.54) is 0 Å². The van der Waals surface area contributed by atoms with Gasteiger partial charge in [0.05, 0.1) is 0 Å². The van der Waals surface area contributed by atoms with Crippen LogP contribution < -0.4 is 0 Å². The van der Waals surface area contributed by atoms with Gasteiger partial charge < -0.3 is 0 Å². The van der Waals surface area contributed by atoms with E-state index in [2.05, 4.69) is 0 Å². The van der Waals surface area contributed by atoms with Gasteiger partial charge in [-0.05, 0) is 18.2 Å². The van der Waals surface area contributed by atoms with E-state index in [1.54, 1.807) is 4.42 Å². The first-order chi connectivity index (χ1) is 3.27. The molecule has 0 atom stereocenters. The lowest BCUT2D eigenvalue weighted by molar-refractivity contribution is 0.544. The highest BCUT2D eigenvalue weighted by molar-refractivity contribution is 6.18. The summed E-state index contributed by atoms with van der Waals surface area (Å²) in [5.74, 6) is 0.692. The predicted molar refractivity (Wildman–Crippen MR) is 33.8 cm³/mol. The second-order valence-corrected chi connectivity index (χ2v) is 2.33. The van der Waals surface area contributed by atoms with Crippen molar-refractivity contribution in [3.8, 4) is 0 Å². The maximum Gasteiger partial charge on any atom is 0.0236 e. The number of alkyl halides is 1. The van der Waals surface area contributed by atoms with Crippen molar-refractivity contribution in [2.24, 2.45) is 0 Å². The summed E-state index contributed by atoms with van der Waals surface area (Å²) in [7, 11) is 1.81. The quantitative estimate of drug-likeness (QED) is 0.428. The van der Waals surface area contributed by atoms with Crippen LogP contribution in [0.5, 0.6) is 0 Å². The normalized spacial score (nSPS) is 10.3. The lowest BCUT2D eigenvalue weighted by atomic mass is 10.5. The van der Waals surface area contributed by atoms with Crippen LogP contribution in [0.2, 0.25) is 0 Å². The van der Waals surface area contributed by atoms with E-state index >= 15 is 0 Å². The van der Waals surface area contributed by atoms with Crippen LogP contribution in [0.1, 0.15) is 6.42 Å². The molecule has 0 radical (unpaired) electrons. The molecule has 0 aliphatic rings. The zero-order chi connectivity index (χ0) is 5.70. The monoisotopic (exact) mass is 141 g/mol. The summed E-state index contributed by atoms with van der Waals surface area (Å²) >= 11 is 10.8. The Labute approximate surface area is 54.3 Å². The molecule has 0 spiro atoms. The molecule has 0 rings (SSSR count). The van der Waals surface area contributed by atoms with Crippen molar-refractivity contribution >= 4 is 23.4 Å². The van der Waals surface area contributed by atoms with Crippen LogP contribution in [0, 0.1) is 0 Å². The minimum absolute atomic E-state index is 0.692. The minimum Gasteiger partial charge on any atom is -0.223 e. The van der Waals surface area contributed by atoms with E-state index in [0.29, 0.717) is 5.88 Å². The zero-order valence-corrected chi connectivity index (χ0v) is 5.84. The molecule has 3 heteroatoms. The topological polar surface area (TPSA) is 3.24 Å². The Bertz CT molecular complexity index is 38.7. The molecule has 0 saturated carbocycles. The van der Waals surface area contributed by atoms with Gasteiger partial charge in [-0.25, -0.2) is 4.42 Å². The predicted octanol–water partition coefficient (Wildman–Crippen LogP) is 1.70. The summed E-state index contributed by atoms with van der Waals surface area (Å²) in [5.41, 5.74) is 0. The lowest BCUT2D eigenvalue weighted by Crippen LogP contribution is -2.06. The fourth-order valence-corrected chi connectivity index (χ4v) is 0.517. The van der Waals surface area contributed by atoms with Crippen molar-refractivity contribution in [2.75, 3.05) is 19.5 Å². The Hall–Kier alpha value is 0.540. The van der Waals surface area contributed by atoms with Gasteiger partial charge in [-0.3, -0.25) is 0 Å². The van der Waals surface area contributed by atoms with E-state index in [4.69, 9.17) is 23.4 Å². The summed E-state index contributed by atoms with van der Waals surface area (Å²) in [6.45, 7) is 0.866. The molecule has 0 aromatic heterocycles. The highest BCUT2D eigenvalue weighted by Gasteiger charge is 1.87. The smallest absolute Gasteiger partial charge is 0.0236 e. The number of halogens is 2. The Morgan fingerprint density at radius 2 is 2.14 bits per heavy atom. The molecule has 0 N–H and O–H groups in total. The summed E-state index contributed by atoms with van der Waals surface area (Å²) in [5, 5.41) is 0. The summed E-state index contributed by atoms with van der Waals surface area (Å²) in [6, 6.07) is 0. The van der Waals surface area contributed by atoms with Gasteiger partial charge in [-0.2, -0.15) is 0 Å². The van der Waals surface area contributed by atoms with E-state index in [0.717, 1.165) is 13.0 Å². The van der Waals surface area contributed by atoms with Gasteiger partial charge in [-0.1, -0.05) is 0 Å². The van der Waals surface area contributed by atoms with Gasteiger partial charge in [0.2, 0.25) is 0 Å². The highest BCUT2D eigenvalue weighted by Crippen LogP contribution is 1.91. The standard InChI is InChI=1S/C4H9Cl2N/c1-7(6)4-2-3-5/h2-4H2,1H3. The number of rotatable bonds is 3. The molecule has 0 aliphatic heterocycles. The van der Waals surface area contributed by atoms with Gasteiger partial charge in [0, 0.05) is 19.5 Å². The van der Waals surface area contributed by atoms with Gasteiger partial charge in [0.1, 0.15) is 0 Å². The molecule has 1 nitrogen and oxygen atoms in total. The molecule has 0 amide bonds. The molecule has 0 aromatic rings. The van der Waals surface area contributed by atoms with Crippen molar-refractivity contribution < 1.29 is 0 Å². The number of nitrogens with zero attached hydrogens (tertiary/aromatic N) is 1. The first kappa shape index (κ1) is 7.54. The van der Waals surface area contributed by atoms with E-state index < -0.39 is 0 Å². The van der Waals surface area contributed by atoms with Gasteiger partial charge in [0.15, 0.2) is 0 Å². The second kappa shape index (κ2) is 4.69. The largest absolute Gasteiger partial charge is 0.223 e. The molecular formula is C4H9Cl2N. The lowest BCUT2D eigenvalue weighted by Gasteiger charge is -2.01. The maximum atomic E-state index is 5.43. The van der Waals surface area contributed by atoms with Crippen molar-refractivity contribution in [1.82, 2.24) is 4.42 Å². The number of hydrogen-bond donors (Lipinski definition) is 0. The third kappa shape index (κ3) is 6.54. The molecule has 44 valence electrons. The van der Waals surface area contributed by atoms with Crippen LogP contribution in [-0.4, -0.2) is 23.9 Å². The van der Waals surface area contributed by atoms with Crippen LogP contribution in [0.4, 0.5) is 0 Å². The minimum atomic E-state index is 0.692. The number of hydrogen-bond acceptors (Lipinski definition) is 1. The van der Waals surface area contributed by atoms with Gasteiger partial charge >= 0.3 is 0 Å². The Morgan fingerprint density at radius 1 is 1.57 bits per heavy atom. The SMILES string of the molecule is CN(Cl)CCCCl. The van der Waals surface area contributed by atoms with E-state index in [1.807, 2.05) is 7.05 Å². The Morgan fingerprint density at radius 3 is 2.29 bits per heavy atom. The third-order valence-corrected chi connectivity index (χ3v) is 1.04. The third-order valence-electron chi connectivity index (χ3n) is 0.600. The average molecular weight is 142 g/mol. The Balaban J connectivity index is 2.68. The van der Waals surface area contributed by atoms with E-state index in [-0.39, 0.29) is 0 Å². The summed E-state index contributed by atoms with van der Waals surface area (Å²) in [4.78, 5) is 0. The van der Waals surface area contributed by atoms with Crippen molar-refractivity contribution in [3.05, 3.63) is 0 Å². The molecule has 0 aliphatic carbocycles. The van der Waals surface area contributed by atoms with Crippen molar-refractivity contribution in [2.45, 2.75) is 6.42 Å². The molecule has 0 unspecified atom stereocenters. The van der Waals surface area contributed by atoms with Crippen LogP contribution >= 0.6 is 23.4 Å². The molecule has 7 heavy (non-hydrogen) atoms. The first-order valence-corrected chi connectivity index (χ1v) is 3.07. The summed E-state index contributed by atoms with van der Waals surface area (Å²) in [6.07, 6.45) is 0.960.